The zero-order chi connectivity index (χ0) is 11.3. The van der Waals surface area contributed by atoms with Gasteiger partial charge in [-0.3, -0.25) is 9.80 Å². The van der Waals surface area contributed by atoms with E-state index in [4.69, 9.17) is 15.7 Å². The molecule has 0 fully saturated rings. The van der Waals surface area contributed by atoms with Crippen LogP contribution in [0.25, 0.3) is 0 Å². The van der Waals surface area contributed by atoms with Crippen molar-refractivity contribution in [2.45, 2.75) is 6.92 Å². The lowest BCUT2D eigenvalue weighted by Crippen LogP contribution is -2.36. The topological polar surface area (TPSA) is 75.8 Å². The Kier molecular flexibility index (Phi) is 3.93. The van der Waals surface area contributed by atoms with Crippen molar-refractivity contribution >= 4 is 11.7 Å². The van der Waals surface area contributed by atoms with Crippen molar-refractivity contribution in [1.29, 1.82) is 0 Å². The van der Waals surface area contributed by atoms with Crippen LogP contribution in [0.5, 0.6) is 5.75 Å². The molecular formula is C10H14N2O3. The number of carbonyl (C=O) groups excluding carboxylic acids is 1. The molecule has 0 aliphatic heterocycles. The number of phenolic OH excluding ortho intramolecular Hbond substituents is 1. The molecule has 1 aromatic carbocycles. The second-order valence-corrected chi connectivity index (χ2v) is 2.95. The van der Waals surface area contributed by atoms with E-state index in [9.17, 15) is 4.79 Å². The highest BCUT2D eigenvalue weighted by atomic mass is 16.5. The van der Waals surface area contributed by atoms with Gasteiger partial charge < -0.3 is 9.84 Å². The number of rotatable bonds is 4. The molecule has 0 spiro atoms. The summed E-state index contributed by atoms with van der Waals surface area (Å²) in [6, 6.07) is 6.24. The quantitative estimate of drug-likeness (QED) is 0.433. The van der Waals surface area contributed by atoms with Crippen LogP contribution in [0.1, 0.15) is 6.92 Å². The van der Waals surface area contributed by atoms with Gasteiger partial charge in [0.15, 0.2) is 0 Å². The maximum Gasteiger partial charge on any atom is 0.327 e. The van der Waals surface area contributed by atoms with Crippen LogP contribution >= 0.6 is 0 Å². The first kappa shape index (κ1) is 11.3. The van der Waals surface area contributed by atoms with Gasteiger partial charge in [-0.15, -0.1) is 0 Å². The van der Waals surface area contributed by atoms with Crippen molar-refractivity contribution in [2.75, 3.05) is 18.2 Å². The number of hydrogen-bond donors (Lipinski definition) is 2. The Labute approximate surface area is 88.0 Å². The summed E-state index contributed by atoms with van der Waals surface area (Å²) in [7, 11) is 0. The molecule has 3 N–H and O–H groups in total. The Morgan fingerprint density at radius 2 is 2.07 bits per heavy atom. The normalized spacial score (nSPS) is 9.73. The fourth-order valence-electron chi connectivity index (χ4n) is 1.08. The minimum Gasteiger partial charge on any atom is -0.508 e. The van der Waals surface area contributed by atoms with Gasteiger partial charge in [-0.05, 0) is 31.2 Å². The highest BCUT2D eigenvalue weighted by Crippen LogP contribution is 2.15. The summed E-state index contributed by atoms with van der Waals surface area (Å²) in [5.74, 6) is 5.40. The first-order chi connectivity index (χ1) is 7.13. The smallest absolute Gasteiger partial charge is 0.327 e. The monoisotopic (exact) mass is 210 g/mol. The predicted octanol–water partition coefficient (Wildman–Crippen LogP) is 0.635. The van der Waals surface area contributed by atoms with Gasteiger partial charge in [0.05, 0.1) is 12.3 Å². The summed E-state index contributed by atoms with van der Waals surface area (Å²) in [4.78, 5) is 11.1. The van der Waals surface area contributed by atoms with Gasteiger partial charge in [0.2, 0.25) is 0 Å². The SMILES string of the molecule is CCOC(=O)CN(N)c1ccc(O)cc1. The Hall–Kier alpha value is -1.75. The molecule has 82 valence electrons. The molecule has 0 radical (unpaired) electrons. The standard InChI is InChI=1S/C10H14N2O3/c1-2-15-10(14)7-12(11)8-3-5-9(13)6-4-8/h3-6,13H,2,7,11H2,1H3. The van der Waals surface area contributed by atoms with Crippen LogP contribution in [0.3, 0.4) is 0 Å². The molecule has 0 bridgehead atoms. The lowest BCUT2D eigenvalue weighted by Gasteiger charge is -2.17. The molecule has 0 unspecified atom stereocenters. The zero-order valence-electron chi connectivity index (χ0n) is 8.51. The number of nitrogens with two attached hydrogens (primary N) is 1. The van der Waals surface area contributed by atoms with E-state index in [-0.39, 0.29) is 18.3 Å². The molecule has 5 nitrogen and oxygen atoms in total. The molecule has 0 atom stereocenters. The van der Waals surface area contributed by atoms with Gasteiger partial charge in [-0.25, -0.2) is 5.84 Å². The van der Waals surface area contributed by atoms with Crippen molar-refractivity contribution in [3.05, 3.63) is 24.3 Å². The summed E-state index contributed by atoms with van der Waals surface area (Å²) < 4.78 is 4.75. The maximum atomic E-state index is 11.1. The number of hydrazine groups is 1. The van der Waals surface area contributed by atoms with Crippen LogP contribution in [0.15, 0.2) is 24.3 Å². The predicted molar refractivity (Wildman–Crippen MR) is 56.3 cm³/mol. The highest BCUT2D eigenvalue weighted by Gasteiger charge is 2.08. The van der Waals surface area contributed by atoms with E-state index in [2.05, 4.69) is 0 Å². The number of hydrogen-bond acceptors (Lipinski definition) is 5. The largest absolute Gasteiger partial charge is 0.508 e. The van der Waals surface area contributed by atoms with Gasteiger partial charge in [-0.1, -0.05) is 0 Å². The van der Waals surface area contributed by atoms with E-state index in [0.717, 1.165) is 0 Å². The number of aromatic hydroxyl groups is 1. The number of esters is 1. The third kappa shape index (κ3) is 3.47. The highest BCUT2D eigenvalue weighted by molar-refractivity contribution is 5.75. The zero-order valence-corrected chi connectivity index (χ0v) is 8.51. The van der Waals surface area contributed by atoms with Crippen LogP contribution in [0.4, 0.5) is 5.69 Å². The maximum absolute atomic E-state index is 11.1. The van der Waals surface area contributed by atoms with E-state index in [1.54, 1.807) is 19.1 Å². The number of anilines is 1. The fourth-order valence-corrected chi connectivity index (χ4v) is 1.08. The molecule has 0 saturated carbocycles. The first-order valence-electron chi connectivity index (χ1n) is 4.60. The molecule has 1 aromatic rings. The number of phenols is 1. The van der Waals surface area contributed by atoms with Crippen LogP contribution in [0.2, 0.25) is 0 Å². The van der Waals surface area contributed by atoms with E-state index >= 15 is 0 Å². The Morgan fingerprint density at radius 1 is 1.47 bits per heavy atom. The third-order valence-electron chi connectivity index (χ3n) is 1.79. The van der Waals surface area contributed by atoms with Crippen molar-refractivity contribution in [3.63, 3.8) is 0 Å². The average molecular weight is 210 g/mol. The van der Waals surface area contributed by atoms with Gasteiger partial charge in [0.25, 0.3) is 0 Å². The second-order valence-electron chi connectivity index (χ2n) is 2.95. The molecular weight excluding hydrogens is 196 g/mol. The minimum atomic E-state index is -0.381. The van der Waals surface area contributed by atoms with Crippen molar-refractivity contribution in [1.82, 2.24) is 0 Å². The molecule has 0 aliphatic rings. The van der Waals surface area contributed by atoms with Crippen LogP contribution in [-0.2, 0) is 9.53 Å². The molecule has 0 amide bonds. The van der Waals surface area contributed by atoms with Crippen molar-refractivity contribution in [3.8, 4) is 5.75 Å². The molecule has 15 heavy (non-hydrogen) atoms. The lowest BCUT2D eigenvalue weighted by molar-refractivity contribution is -0.141. The third-order valence-corrected chi connectivity index (χ3v) is 1.79. The first-order valence-corrected chi connectivity index (χ1v) is 4.60. The fraction of sp³-hybridized carbons (Fsp3) is 0.300. The summed E-state index contributed by atoms with van der Waals surface area (Å²) in [5, 5.41) is 10.3. The van der Waals surface area contributed by atoms with Crippen molar-refractivity contribution < 1.29 is 14.6 Å². The summed E-state index contributed by atoms with van der Waals surface area (Å²) in [6.07, 6.45) is 0. The molecule has 0 heterocycles. The van der Waals surface area contributed by atoms with Gasteiger partial charge >= 0.3 is 5.97 Å². The van der Waals surface area contributed by atoms with Gasteiger partial charge in [0.1, 0.15) is 12.3 Å². The van der Waals surface area contributed by atoms with Crippen LogP contribution in [0, 0.1) is 0 Å². The molecule has 0 aliphatic carbocycles. The van der Waals surface area contributed by atoms with E-state index in [1.165, 1.54) is 17.1 Å². The van der Waals surface area contributed by atoms with Gasteiger partial charge in [0, 0.05) is 0 Å². The molecule has 5 heteroatoms. The lowest BCUT2D eigenvalue weighted by atomic mass is 10.3. The minimum absolute atomic E-state index is 0.0153. The Balaban J connectivity index is 2.57. The van der Waals surface area contributed by atoms with Gasteiger partial charge in [-0.2, -0.15) is 0 Å². The summed E-state index contributed by atoms with van der Waals surface area (Å²) in [5.41, 5.74) is 0.640. The summed E-state index contributed by atoms with van der Waals surface area (Å²) >= 11 is 0. The van der Waals surface area contributed by atoms with E-state index < -0.39 is 0 Å². The Morgan fingerprint density at radius 3 is 2.60 bits per heavy atom. The second kappa shape index (κ2) is 5.21. The van der Waals surface area contributed by atoms with Crippen LogP contribution < -0.4 is 10.9 Å². The molecule has 1 rings (SSSR count). The Bertz CT molecular complexity index is 324. The van der Waals surface area contributed by atoms with E-state index in [0.29, 0.717) is 12.3 Å². The molecule has 0 aromatic heterocycles. The van der Waals surface area contributed by atoms with Crippen LogP contribution in [-0.4, -0.2) is 24.2 Å². The van der Waals surface area contributed by atoms with Crippen molar-refractivity contribution in [2.24, 2.45) is 5.84 Å². The number of nitrogens with zero attached hydrogens (tertiary/aromatic N) is 1. The summed E-state index contributed by atoms with van der Waals surface area (Å²) in [6.45, 7) is 2.06. The number of benzene rings is 1. The van der Waals surface area contributed by atoms with E-state index in [1.807, 2.05) is 0 Å². The molecule has 0 saturated heterocycles. The number of ether oxygens (including phenoxy) is 1. The number of carbonyl (C=O) groups is 1. The average Bonchev–Trinajstić information content (AvgIpc) is 2.18.